The maximum Gasteiger partial charge on any atom is 4.00 e. The molecule has 0 aromatic rings. The second kappa shape index (κ2) is 3.99. The molecule has 0 fully saturated rings. The maximum atomic E-state index is 9.32. The van der Waals surface area contributed by atoms with Crippen molar-refractivity contribution in [1.29, 1.82) is 0 Å². The van der Waals surface area contributed by atoms with E-state index in [0.717, 1.165) is 0 Å². The molecule has 0 aliphatic heterocycles. The zero-order valence-electron chi connectivity index (χ0n) is 4.25. The molecule has 0 bridgehead atoms. The molecule has 0 aliphatic carbocycles. The molecule has 0 heterocycles. The molecule has 0 aromatic carbocycles. The molecule has 0 saturated carbocycles. The fourth-order valence-corrected chi connectivity index (χ4v) is 1.10. The minimum absolute atomic E-state index is 0. The van der Waals surface area contributed by atoms with Crippen molar-refractivity contribution in [2.75, 3.05) is 0 Å². The third-order valence-electron chi connectivity index (χ3n) is 0.200. The van der Waals surface area contributed by atoms with Crippen LogP contribution in [0.4, 0.5) is 0 Å². The summed E-state index contributed by atoms with van der Waals surface area (Å²) in [7, 11) is -11.4. The van der Waals surface area contributed by atoms with Gasteiger partial charge in [-0.3, -0.25) is 0 Å². The summed E-state index contributed by atoms with van der Waals surface area (Å²) in [4.78, 5) is 37.3. The summed E-state index contributed by atoms with van der Waals surface area (Å²) in [6, 6.07) is 0. The van der Waals surface area contributed by atoms with E-state index in [1.165, 1.54) is 0 Å². The van der Waals surface area contributed by atoms with Gasteiger partial charge in [0.15, 0.2) is 0 Å². The van der Waals surface area contributed by atoms with Crippen molar-refractivity contribution in [1.82, 2.24) is 0 Å². The van der Waals surface area contributed by atoms with Gasteiger partial charge in [-0.15, -0.1) is 0 Å². The largest absolute Gasteiger partial charge is 4.00 e. The van der Waals surface area contributed by atoms with Gasteiger partial charge in [0.05, 0.1) is 15.6 Å². The fraction of sp³-hybridized carbons (Fsp3) is 0. The van der Waals surface area contributed by atoms with E-state index in [0.29, 0.717) is 0 Å². The second-order valence-electron chi connectivity index (χ2n) is 0.976. The van der Waals surface area contributed by atoms with Crippen LogP contribution in [0.1, 0.15) is 0 Å². The summed E-state index contributed by atoms with van der Waals surface area (Å²) in [5.41, 5.74) is 0. The third kappa shape index (κ3) is 11.6. The molecule has 0 N–H and O–H groups in total. The minimum Gasteiger partial charge on any atom is -0.790 e. The van der Waals surface area contributed by atoms with Crippen molar-refractivity contribution in [3.63, 3.8) is 0 Å². The molecule has 0 saturated heterocycles. The molecule has 0 aliphatic rings. The molecule has 10 heteroatoms. The van der Waals surface area contributed by atoms with E-state index in [1.807, 2.05) is 0 Å². The number of phosphoric acid groups is 2. The molecule has 0 rings (SSSR count). The monoisotopic (exact) mass is 248 g/mol. The van der Waals surface area contributed by atoms with Crippen LogP contribution in [0.15, 0.2) is 0 Å². The van der Waals surface area contributed by atoms with Gasteiger partial charge < -0.3 is 33.0 Å². The zero-order valence-corrected chi connectivity index (χ0v) is 8.14. The Labute approximate surface area is 66.9 Å². The Morgan fingerprint density at radius 3 is 1.10 bits per heavy atom. The number of hydrogen-bond donors (Lipinski definition) is 0. The van der Waals surface area contributed by atoms with E-state index in [1.54, 1.807) is 0 Å². The Hall–Kier alpha value is 0.803. The summed E-state index contributed by atoms with van der Waals surface area (Å²) in [6.45, 7) is 0. The van der Waals surface area contributed by atoms with Crippen LogP contribution in [0.2, 0.25) is 0 Å². The summed E-state index contributed by atoms with van der Waals surface area (Å²) >= 11 is 0. The SMILES string of the molecule is O=P([O-])([O-])OP(=O)([O-])[O-].[Ge+4]. The van der Waals surface area contributed by atoms with Gasteiger partial charge in [-0.05, 0) is 0 Å². The van der Waals surface area contributed by atoms with E-state index in [4.69, 9.17) is 0 Å². The quantitative estimate of drug-likeness (QED) is 0.361. The van der Waals surface area contributed by atoms with Crippen LogP contribution in [0.5, 0.6) is 0 Å². The van der Waals surface area contributed by atoms with Crippen LogP contribution in [-0.2, 0) is 13.4 Å². The van der Waals surface area contributed by atoms with E-state index in [2.05, 4.69) is 4.31 Å². The molecule has 0 spiro atoms. The van der Waals surface area contributed by atoms with E-state index >= 15 is 0 Å². The topological polar surface area (TPSA) is 136 Å². The van der Waals surface area contributed by atoms with Crippen LogP contribution in [0.25, 0.3) is 0 Å². The van der Waals surface area contributed by atoms with Crippen molar-refractivity contribution >= 4 is 33.2 Å². The van der Waals surface area contributed by atoms with Crippen molar-refractivity contribution in [3.8, 4) is 0 Å². The van der Waals surface area contributed by atoms with Crippen LogP contribution in [-0.4, -0.2) is 17.6 Å². The first kappa shape index (κ1) is 13.4. The summed E-state index contributed by atoms with van der Waals surface area (Å²) in [6.07, 6.45) is 0. The Balaban J connectivity index is 0. The Morgan fingerprint density at radius 1 is 0.900 bits per heavy atom. The van der Waals surface area contributed by atoms with Crippen LogP contribution < -0.4 is 19.6 Å². The van der Waals surface area contributed by atoms with Crippen molar-refractivity contribution in [3.05, 3.63) is 0 Å². The Kier molecular flexibility index (Phi) is 5.34. The Bertz CT molecular complexity index is 152. The van der Waals surface area contributed by atoms with Crippen LogP contribution in [0, 0.1) is 0 Å². The summed E-state index contributed by atoms with van der Waals surface area (Å²) < 4.78 is 21.2. The van der Waals surface area contributed by atoms with Crippen molar-refractivity contribution in [2.45, 2.75) is 0 Å². The molecule has 10 heavy (non-hydrogen) atoms. The molecule has 7 nitrogen and oxygen atoms in total. The first-order chi connectivity index (χ1) is 3.71. The van der Waals surface area contributed by atoms with E-state index in [9.17, 15) is 28.7 Å². The van der Waals surface area contributed by atoms with E-state index in [-0.39, 0.29) is 17.6 Å². The fourth-order valence-electron chi connectivity index (χ4n) is 0.122. The first-order valence-corrected chi connectivity index (χ1v) is 4.38. The minimum atomic E-state index is -5.68. The molecular formula is GeO7P2. The molecule has 0 amide bonds. The third-order valence-corrected chi connectivity index (χ3v) is 1.80. The van der Waals surface area contributed by atoms with Gasteiger partial charge in [-0.2, -0.15) is 0 Å². The smallest absolute Gasteiger partial charge is 0.790 e. The molecule has 0 aromatic heterocycles. The van der Waals surface area contributed by atoms with Gasteiger partial charge in [0.2, 0.25) is 0 Å². The zero-order chi connectivity index (χ0) is 7.71. The number of rotatable bonds is 2. The van der Waals surface area contributed by atoms with Crippen LogP contribution >= 0.6 is 15.6 Å². The normalized spacial score (nSPS) is 12.4. The average Bonchev–Trinajstić information content (AvgIpc) is 1.14. The van der Waals surface area contributed by atoms with Gasteiger partial charge in [0.1, 0.15) is 0 Å². The maximum absolute atomic E-state index is 9.32. The van der Waals surface area contributed by atoms with Crippen molar-refractivity contribution < 1.29 is 33.0 Å². The van der Waals surface area contributed by atoms with Gasteiger partial charge in [0, 0.05) is 0 Å². The van der Waals surface area contributed by atoms with E-state index < -0.39 is 15.6 Å². The van der Waals surface area contributed by atoms with Gasteiger partial charge >= 0.3 is 17.6 Å². The number of hydrogen-bond acceptors (Lipinski definition) is 7. The molecule has 0 radical (unpaired) electrons. The second-order valence-corrected chi connectivity index (χ2v) is 3.42. The molecule has 56 valence electrons. The predicted octanol–water partition coefficient (Wildman–Crippen LogP) is -3.72. The molecular weight excluding hydrogens is 247 g/mol. The van der Waals surface area contributed by atoms with Gasteiger partial charge in [-0.25, -0.2) is 0 Å². The summed E-state index contributed by atoms with van der Waals surface area (Å²) in [5.74, 6) is 0. The summed E-state index contributed by atoms with van der Waals surface area (Å²) in [5, 5.41) is 0. The first-order valence-electron chi connectivity index (χ1n) is 1.46. The van der Waals surface area contributed by atoms with Crippen molar-refractivity contribution in [2.24, 2.45) is 0 Å². The Morgan fingerprint density at radius 2 is 1.10 bits per heavy atom. The standard InChI is InChI=1S/Ge.H4O7P2/c;1-8(2,3)7-9(4,5)6/h;(H2,1,2,3)(H2,4,5,6)/q+4;/p-4. The molecule has 0 unspecified atom stereocenters. The molecule has 0 atom stereocenters. The predicted molar refractivity (Wildman–Crippen MR) is 22.1 cm³/mol. The average molecular weight is 247 g/mol. The van der Waals surface area contributed by atoms with Gasteiger partial charge in [0.25, 0.3) is 0 Å². The van der Waals surface area contributed by atoms with Gasteiger partial charge in [-0.1, -0.05) is 0 Å². The van der Waals surface area contributed by atoms with Crippen LogP contribution in [0.3, 0.4) is 0 Å².